The van der Waals surface area contributed by atoms with Gasteiger partial charge in [-0.15, -0.1) is 0 Å². The van der Waals surface area contributed by atoms with Crippen molar-refractivity contribution in [3.05, 3.63) is 18.3 Å². The van der Waals surface area contributed by atoms with Crippen molar-refractivity contribution in [1.82, 2.24) is 9.29 Å². The van der Waals surface area contributed by atoms with E-state index < -0.39 is 10.0 Å². The molecule has 1 aromatic heterocycles. The molecular weight excluding hydrogens is 268 g/mol. The minimum atomic E-state index is -3.68. The molecule has 1 heterocycles. The molecule has 1 aromatic rings. The number of rotatable bonds is 7. The van der Waals surface area contributed by atoms with Crippen LogP contribution in [-0.2, 0) is 14.8 Å². The normalized spacial score (nSPS) is 12.1. The van der Waals surface area contributed by atoms with Crippen LogP contribution >= 0.6 is 0 Å². The number of aromatic nitrogens is 1. The Morgan fingerprint density at radius 1 is 1.53 bits per heavy atom. The van der Waals surface area contributed by atoms with Crippen molar-refractivity contribution in [1.29, 1.82) is 0 Å². The Kier molecular flexibility index (Phi) is 5.67. The smallest absolute Gasteiger partial charge is 0.262 e. The zero-order valence-corrected chi connectivity index (χ0v) is 12.1. The lowest BCUT2D eigenvalue weighted by Gasteiger charge is -2.18. The molecule has 0 aliphatic rings. The maximum absolute atomic E-state index is 12.3. The fraction of sp³-hybridized carbons (Fsp3) is 0.545. The lowest BCUT2D eigenvalue weighted by molar-refractivity contribution is 0.0737. The molecule has 1 rings (SSSR count). The lowest BCUT2D eigenvalue weighted by atomic mass is 10.4. The molecule has 0 saturated heterocycles. The third kappa shape index (κ3) is 4.13. The minimum Gasteiger partial charge on any atom is -0.377 e. The van der Waals surface area contributed by atoms with Gasteiger partial charge in [0.25, 0.3) is 10.0 Å². The molecule has 8 heteroatoms. The van der Waals surface area contributed by atoms with Crippen LogP contribution in [0.3, 0.4) is 0 Å². The summed E-state index contributed by atoms with van der Waals surface area (Å²) in [7, 11) is -2.20. The van der Waals surface area contributed by atoms with Gasteiger partial charge in [-0.3, -0.25) is 5.84 Å². The van der Waals surface area contributed by atoms with Crippen molar-refractivity contribution in [3.63, 3.8) is 0 Å². The third-order valence-corrected chi connectivity index (χ3v) is 4.26. The van der Waals surface area contributed by atoms with Crippen LogP contribution in [0.2, 0.25) is 0 Å². The van der Waals surface area contributed by atoms with Crippen molar-refractivity contribution in [2.24, 2.45) is 5.84 Å². The summed E-state index contributed by atoms with van der Waals surface area (Å²) in [6, 6.07) is 3.16. The molecule has 0 radical (unpaired) electrons. The van der Waals surface area contributed by atoms with E-state index in [2.05, 4.69) is 10.4 Å². The quantitative estimate of drug-likeness (QED) is 0.557. The topological polar surface area (TPSA) is 97.5 Å². The molecule has 0 fully saturated rings. The Balaban J connectivity index is 2.85. The first kappa shape index (κ1) is 15.8. The zero-order chi connectivity index (χ0) is 14.5. The van der Waals surface area contributed by atoms with Gasteiger partial charge in [-0.2, -0.15) is 4.31 Å². The van der Waals surface area contributed by atoms with Gasteiger partial charge in [0.15, 0.2) is 5.03 Å². The second kappa shape index (κ2) is 6.80. The first-order valence-electron chi connectivity index (χ1n) is 5.89. The zero-order valence-electron chi connectivity index (χ0n) is 11.3. The number of sulfonamides is 1. The number of likely N-dealkylation sites (N-methyl/N-ethyl adjacent to an activating group) is 1. The van der Waals surface area contributed by atoms with Gasteiger partial charge in [-0.05, 0) is 26.0 Å². The first-order chi connectivity index (χ1) is 8.89. The first-order valence-corrected chi connectivity index (χ1v) is 7.33. The van der Waals surface area contributed by atoms with Crippen molar-refractivity contribution in [2.45, 2.75) is 25.0 Å². The van der Waals surface area contributed by atoms with Gasteiger partial charge in [0.1, 0.15) is 0 Å². The Morgan fingerprint density at radius 3 is 2.79 bits per heavy atom. The molecule has 0 atom stereocenters. The Morgan fingerprint density at radius 2 is 2.21 bits per heavy atom. The van der Waals surface area contributed by atoms with E-state index in [9.17, 15) is 8.42 Å². The molecule has 0 aliphatic heterocycles. The predicted molar refractivity (Wildman–Crippen MR) is 73.0 cm³/mol. The van der Waals surface area contributed by atoms with Gasteiger partial charge in [0.2, 0.25) is 0 Å². The summed E-state index contributed by atoms with van der Waals surface area (Å²) in [6.07, 6.45) is 1.47. The summed E-state index contributed by atoms with van der Waals surface area (Å²) in [6.45, 7) is 4.36. The van der Waals surface area contributed by atoms with Crippen LogP contribution < -0.4 is 11.3 Å². The van der Waals surface area contributed by atoms with Crippen LogP contribution in [0.1, 0.15) is 13.8 Å². The number of anilines is 1. The molecule has 0 saturated carbocycles. The molecule has 19 heavy (non-hydrogen) atoms. The second-order valence-corrected chi connectivity index (χ2v) is 6.21. The highest BCUT2D eigenvalue weighted by atomic mass is 32.2. The fourth-order valence-corrected chi connectivity index (χ4v) is 2.60. The molecule has 3 N–H and O–H groups in total. The number of nitrogens with two attached hydrogens (primary N) is 1. The average Bonchev–Trinajstić information content (AvgIpc) is 2.38. The van der Waals surface area contributed by atoms with E-state index in [1.807, 2.05) is 13.8 Å². The van der Waals surface area contributed by atoms with Crippen molar-refractivity contribution in [2.75, 3.05) is 25.6 Å². The Bertz CT molecular complexity index is 504. The molecule has 0 amide bonds. The molecule has 108 valence electrons. The molecule has 0 bridgehead atoms. The molecule has 0 aliphatic carbocycles. The standard InChI is InChI=1S/C11H20N4O3S/c1-9(2)18-8-7-15(3)19(16,17)11-10(14-12)5-4-6-13-11/h4-6,9,14H,7-8,12H2,1-3H3. The van der Waals surface area contributed by atoms with Gasteiger partial charge in [-0.1, -0.05) is 0 Å². The van der Waals surface area contributed by atoms with Crippen molar-refractivity contribution < 1.29 is 13.2 Å². The van der Waals surface area contributed by atoms with Gasteiger partial charge in [-0.25, -0.2) is 13.4 Å². The summed E-state index contributed by atoms with van der Waals surface area (Å²) >= 11 is 0. The van der Waals surface area contributed by atoms with E-state index in [0.717, 1.165) is 0 Å². The van der Waals surface area contributed by atoms with E-state index in [1.165, 1.54) is 17.5 Å². The number of hydrazine groups is 1. The maximum Gasteiger partial charge on any atom is 0.262 e. The molecule has 0 unspecified atom stereocenters. The van der Waals surface area contributed by atoms with Crippen molar-refractivity contribution in [3.8, 4) is 0 Å². The van der Waals surface area contributed by atoms with Crippen LogP contribution in [0.5, 0.6) is 0 Å². The second-order valence-electron chi connectivity index (χ2n) is 4.25. The highest BCUT2D eigenvalue weighted by Crippen LogP contribution is 2.19. The summed E-state index contributed by atoms with van der Waals surface area (Å²) in [5.41, 5.74) is 2.59. The Hall–Kier alpha value is -1.22. The van der Waals surface area contributed by atoms with Gasteiger partial charge >= 0.3 is 0 Å². The van der Waals surface area contributed by atoms with Gasteiger partial charge in [0.05, 0.1) is 18.4 Å². The van der Waals surface area contributed by atoms with Crippen LogP contribution in [0.15, 0.2) is 23.4 Å². The monoisotopic (exact) mass is 288 g/mol. The number of nitrogen functional groups attached to an aromatic ring is 1. The maximum atomic E-state index is 12.3. The van der Waals surface area contributed by atoms with Gasteiger partial charge < -0.3 is 10.2 Å². The summed E-state index contributed by atoms with van der Waals surface area (Å²) in [4.78, 5) is 3.87. The highest BCUT2D eigenvalue weighted by Gasteiger charge is 2.25. The highest BCUT2D eigenvalue weighted by molar-refractivity contribution is 7.89. The van der Waals surface area contributed by atoms with E-state index in [4.69, 9.17) is 10.6 Å². The number of pyridine rings is 1. The molecule has 0 spiro atoms. The Labute approximate surface area is 113 Å². The average molecular weight is 288 g/mol. The predicted octanol–water partition coefficient (Wildman–Crippen LogP) is 0.413. The number of nitrogens with one attached hydrogen (secondary N) is 1. The number of hydrogen-bond acceptors (Lipinski definition) is 6. The lowest BCUT2D eigenvalue weighted by Crippen LogP contribution is -2.32. The van der Waals surface area contributed by atoms with Crippen LogP contribution in [0.25, 0.3) is 0 Å². The minimum absolute atomic E-state index is 0.0622. The van der Waals surface area contributed by atoms with Crippen LogP contribution in [-0.4, -0.2) is 44.0 Å². The van der Waals surface area contributed by atoms with Crippen LogP contribution in [0, 0.1) is 0 Å². The van der Waals surface area contributed by atoms with Gasteiger partial charge in [0, 0.05) is 19.8 Å². The van der Waals surface area contributed by atoms with E-state index in [1.54, 1.807) is 12.1 Å². The number of ether oxygens (including phenoxy) is 1. The largest absolute Gasteiger partial charge is 0.377 e. The summed E-state index contributed by atoms with van der Waals surface area (Å²) in [5.74, 6) is 5.29. The van der Waals surface area contributed by atoms with Crippen LogP contribution in [0.4, 0.5) is 5.69 Å². The number of nitrogens with zero attached hydrogens (tertiary/aromatic N) is 2. The van der Waals surface area contributed by atoms with Crippen molar-refractivity contribution >= 4 is 15.7 Å². The summed E-state index contributed by atoms with van der Waals surface area (Å²) in [5, 5.41) is -0.0930. The SMILES string of the molecule is CC(C)OCCN(C)S(=O)(=O)c1ncccc1NN. The van der Waals surface area contributed by atoms with E-state index in [0.29, 0.717) is 6.61 Å². The summed E-state index contributed by atoms with van der Waals surface area (Å²) < 4.78 is 31.1. The molecule has 7 nitrogen and oxygen atoms in total. The number of hydrogen-bond donors (Lipinski definition) is 2. The van der Waals surface area contributed by atoms with E-state index >= 15 is 0 Å². The molecule has 0 aromatic carbocycles. The molecular formula is C11H20N4O3S. The third-order valence-electron chi connectivity index (χ3n) is 2.44. The fourth-order valence-electron chi connectivity index (χ4n) is 1.39. The van der Waals surface area contributed by atoms with E-state index in [-0.39, 0.29) is 23.4 Å².